The lowest BCUT2D eigenvalue weighted by Gasteiger charge is -2.07. The maximum absolute atomic E-state index is 8.70. The molecule has 1 heteroatoms. The van der Waals surface area contributed by atoms with Crippen LogP contribution < -0.4 is 0 Å². The third-order valence-corrected chi connectivity index (χ3v) is 5.05. The first-order valence-electron chi connectivity index (χ1n) is 10.4. The van der Waals surface area contributed by atoms with Gasteiger partial charge in [0.05, 0.1) is 0 Å². The quantitative estimate of drug-likeness (QED) is 0.264. The predicted octanol–water partition coefficient (Wildman–Crippen LogP) is 7.27. The summed E-state index contributed by atoms with van der Waals surface area (Å²) in [5, 5.41) is 8.70. The van der Waals surface area contributed by atoms with Gasteiger partial charge in [-0.15, -0.1) is 0 Å². The van der Waals surface area contributed by atoms with E-state index in [4.69, 9.17) is 5.11 Å². The number of aliphatic hydroxyl groups is 1. The maximum Gasteiger partial charge on any atom is 0.0431 e. The standard InChI is InChI=1S/C21H44O/c1-3-21(2)19-17-15-13-11-9-7-5-4-6-8-10-12-14-16-18-20-22/h21-22H,3-20H2,1-2H3/t21-/m1/s1. The predicted molar refractivity (Wildman–Crippen MR) is 100 cm³/mol. The highest BCUT2D eigenvalue weighted by atomic mass is 16.2. The van der Waals surface area contributed by atoms with Gasteiger partial charge in [0.25, 0.3) is 0 Å². The molecule has 0 amide bonds. The van der Waals surface area contributed by atoms with E-state index in [0.29, 0.717) is 6.61 Å². The van der Waals surface area contributed by atoms with Crippen LogP contribution in [0.1, 0.15) is 123 Å². The van der Waals surface area contributed by atoms with E-state index in [0.717, 1.165) is 12.3 Å². The highest BCUT2D eigenvalue weighted by Crippen LogP contribution is 2.15. The van der Waals surface area contributed by atoms with E-state index < -0.39 is 0 Å². The molecule has 0 aromatic carbocycles. The number of unbranched alkanes of at least 4 members (excludes halogenated alkanes) is 14. The van der Waals surface area contributed by atoms with Gasteiger partial charge in [0, 0.05) is 6.61 Å². The Balaban J connectivity index is 2.97. The molecule has 0 bridgehead atoms. The van der Waals surface area contributed by atoms with Crippen LogP contribution in [0.15, 0.2) is 0 Å². The second-order valence-electron chi connectivity index (χ2n) is 7.33. The largest absolute Gasteiger partial charge is 0.396 e. The van der Waals surface area contributed by atoms with Crippen molar-refractivity contribution in [3.05, 3.63) is 0 Å². The zero-order valence-corrected chi connectivity index (χ0v) is 15.8. The Bertz CT molecular complexity index is 190. The molecule has 0 aliphatic heterocycles. The fourth-order valence-corrected chi connectivity index (χ4v) is 3.11. The first-order chi connectivity index (χ1) is 10.8. The Morgan fingerprint density at radius 1 is 0.545 bits per heavy atom. The van der Waals surface area contributed by atoms with Gasteiger partial charge in [0.15, 0.2) is 0 Å². The van der Waals surface area contributed by atoms with Crippen molar-refractivity contribution in [2.24, 2.45) is 5.92 Å². The third kappa shape index (κ3) is 18.0. The van der Waals surface area contributed by atoms with Crippen LogP contribution in [0.3, 0.4) is 0 Å². The minimum absolute atomic E-state index is 0.373. The minimum atomic E-state index is 0.373. The molecule has 0 aromatic rings. The molecule has 0 aliphatic rings. The Morgan fingerprint density at radius 3 is 1.18 bits per heavy atom. The van der Waals surface area contributed by atoms with Gasteiger partial charge in [0.2, 0.25) is 0 Å². The van der Waals surface area contributed by atoms with Crippen molar-refractivity contribution in [2.75, 3.05) is 6.61 Å². The average Bonchev–Trinajstić information content (AvgIpc) is 2.54. The fraction of sp³-hybridized carbons (Fsp3) is 1.00. The summed E-state index contributed by atoms with van der Waals surface area (Å²) in [6.45, 7) is 5.06. The summed E-state index contributed by atoms with van der Waals surface area (Å²) in [6.07, 6.45) is 23.6. The highest BCUT2D eigenvalue weighted by Gasteiger charge is 1.98. The van der Waals surface area contributed by atoms with E-state index in [-0.39, 0.29) is 0 Å². The maximum atomic E-state index is 8.70. The summed E-state index contributed by atoms with van der Waals surface area (Å²) in [5.41, 5.74) is 0. The molecule has 0 radical (unpaired) electrons. The van der Waals surface area contributed by atoms with Crippen molar-refractivity contribution in [2.45, 2.75) is 123 Å². The molecule has 0 aromatic heterocycles. The summed E-state index contributed by atoms with van der Waals surface area (Å²) in [4.78, 5) is 0. The van der Waals surface area contributed by atoms with Crippen molar-refractivity contribution in [3.8, 4) is 0 Å². The monoisotopic (exact) mass is 312 g/mol. The molecule has 1 atom stereocenters. The van der Waals surface area contributed by atoms with E-state index >= 15 is 0 Å². The summed E-state index contributed by atoms with van der Waals surface area (Å²) in [7, 11) is 0. The second-order valence-corrected chi connectivity index (χ2v) is 7.33. The average molecular weight is 313 g/mol. The van der Waals surface area contributed by atoms with Crippen LogP contribution in [-0.2, 0) is 0 Å². The lowest BCUT2D eigenvalue weighted by atomic mass is 9.99. The lowest BCUT2D eigenvalue weighted by molar-refractivity contribution is 0.282. The van der Waals surface area contributed by atoms with Gasteiger partial charge in [0.1, 0.15) is 0 Å². The van der Waals surface area contributed by atoms with Gasteiger partial charge >= 0.3 is 0 Å². The van der Waals surface area contributed by atoms with Crippen LogP contribution in [0.2, 0.25) is 0 Å². The van der Waals surface area contributed by atoms with Gasteiger partial charge < -0.3 is 5.11 Å². The normalized spacial score (nSPS) is 12.7. The van der Waals surface area contributed by atoms with Crippen LogP contribution in [0, 0.1) is 5.92 Å². The van der Waals surface area contributed by atoms with Crippen molar-refractivity contribution < 1.29 is 5.11 Å². The van der Waals surface area contributed by atoms with Crippen LogP contribution >= 0.6 is 0 Å². The summed E-state index contributed by atoms with van der Waals surface area (Å²) < 4.78 is 0. The molecule has 1 nitrogen and oxygen atoms in total. The summed E-state index contributed by atoms with van der Waals surface area (Å²) >= 11 is 0. The van der Waals surface area contributed by atoms with E-state index in [2.05, 4.69) is 13.8 Å². The van der Waals surface area contributed by atoms with E-state index in [1.54, 1.807) is 0 Å². The number of hydrogen-bond donors (Lipinski definition) is 1. The zero-order valence-electron chi connectivity index (χ0n) is 15.8. The molecule has 0 saturated heterocycles. The molecule has 0 unspecified atom stereocenters. The van der Waals surface area contributed by atoms with E-state index in [1.165, 1.54) is 103 Å². The fourth-order valence-electron chi connectivity index (χ4n) is 3.11. The van der Waals surface area contributed by atoms with Crippen LogP contribution in [0.25, 0.3) is 0 Å². The Labute approximate surface area is 141 Å². The van der Waals surface area contributed by atoms with E-state index in [1.807, 2.05) is 0 Å². The first-order valence-corrected chi connectivity index (χ1v) is 10.4. The van der Waals surface area contributed by atoms with Crippen LogP contribution in [0.4, 0.5) is 0 Å². The van der Waals surface area contributed by atoms with E-state index in [9.17, 15) is 0 Å². The Morgan fingerprint density at radius 2 is 0.864 bits per heavy atom. The van der Waals surface area contributed by atoms with Crippen LogP contribution in [0.5, 0.6) is 0 Å². The number of rotatable bonds is 18. The first kappa shape index (κ1) is 22.0. The van der Waals surface area contributed by atoms with Gasteiger partial charge in [-0.3, -0.25) is 0 Å². The van der Waals surface area contributed by atoms with Crippen molar-refractivity contribution in [3.63, 3.8) is 0 Å². The summed E-state index contributed by atoms with van der Waals surface area (Å²) in [5.74, 6) is 0.940. The molecule has 0 spiro atoms. The molecule has 0 rings (SSSR count). The molecule has 22 heavy (non-hydrogen) atoms. The molecule has 0 aliphatic carbocycles. The van der Waals surface area contributed by atoms with Gasteiger partial charge in [-0.2, -0.15) is 0 Å². The minimum Gasteiger partial charge on any atom is -0.396 e. The lowest BCUT2D eigenvalue weighted by Crippen LogP contribution is -1.91. The number of aliphatic hydroxyl groups excluding tert-OH is 1. The van der Waals surface area contributed by atoms with Crippen molar-refractivity contribution in [1.29, 1.82) is 0 Å². The second kappa shape index (κ2) is 19.0. The topological polar surface area (TPSA) is 20.2 Å². The van der Waals surface area contributed by atoms with Crippen LogP contribution in [-0.4, -0.2) is 11.7 Å². The zero-order chi connectivity index (χ0) is 16.3. The van der Waals surface area contributed by atoms with Crippen molar-refractivity contribution >= 4 is 0 Å². The summed E-state index contributed by atoms with van der Waals surface area (Å²) in [6, 6.07) is 0. The van der Waals surface area contributed by atoms with Gasteiger partial charge in [-0.05, 0) is 12.3 Å². The SMILES string of the molecule is CC[C@@H](C)CCCCCCCCCCCCCCCCCO. The third-order valence-electron chi connectivity index (χ3n) is 5.05. The highest BCUT2D eigenvalue weighted by molar-refractivity contribution is 4.52. The molecular weight excluding hydrogens is 268 g/mol. The van der Waals surface area contributed by atoms with Gasteiger partial charge in [-0.1, -0.05) is 117 Å². The molecule has 0 saturated carbocycles. The molecular formula is C21H44O. The molecule has 0 heterocycles. The van der Waals surface area contributed by atoms with Gasteiger partial charge in [-0.25, -0.2) is 0 Å². The Kier molecular flexibility index (Phi) is 19.0. The number of hydrogen-bond acceptors (Lipinski definition) is 1. The van der Waals surface area contributed by atoms with Crippen molar-refractivity contribution in [1.82, 2.24) is 0 Å². The molecule has 1 N–H and O–H groups in total. The molecule has 0 fully saturated rings. The molecule has 134 valence electrons. The smallest absolute Gasteiger partial charge is 0.0431 e. The Hall–Kier alpha value is -0.0400.